The number of aromatic nitrogens is 2. The molecule has 0 aliphatic heterocycles. The molecule has 6 heteroatoms. The Labute approximate surface area is 89.6 Å². The van der Waals surface area contributed by atoms with Crippen LogP contribution in [-0.4, -0.2) is 9.38 Å². The largest absolute Gasteiger partial charge is 0.303 e. The number of fused-ring (bicyclic) bond motifs is 1. The molecular weight excluding hydrogens is 228 g/mol. The Morgan fingerprint density at radius 1 is 1.57 bits per heavy atom. The lowest BCUT2D eigenvalue weighted by atomic mass is 10.3. The first-order chi connectivity index (χ1) is 6.74. The second-order valence-electron chi connectivity index (χ2n) is 2.74. The average Bonchev–Trinajstić information content (AvgIpc) is 2.57. The minimum absolute atomic E-state index is 0.0776. The first-order valence-corrected chi connectivity index (χ1v) is 4.62. The van der Waals surface area contributed by atoms with Gasteiger partial charge in [-0.2, -0.15) is 0 Å². The lowest BCUT2D eigenvalue weighted by Gasteiger charge is -2.00. The number of nitrogens with zero attached hydrogens (tertiary/aromatic N) is 2. The van der Waals surface area contributed by atoms with Gasteiger partial charge in [0, 0.05) is 6.20 Å². The van der Waals surface area contributed by atoms with Crippen LogP contribution in [0.25, 0.3) is 5.52 Å². The van der Waals surface area contributed by atoms with Crippen LogP contribution in [0.1, 0.15) is 5.69 Å². The van der Waals surface area contributed by atoms with Crippen LogP contribution in [0.3, 0.4) is 0 Å². The van der Waals surface area contributed by atoms with E-state index in [4.69, 9.17) is 23.4 Å². The molecule has 2 aromatic rings. The fourth-order valence-electron chi connectivity index (χ4n) is 1.28. The van der Waals surface area contributed by atoms with Crippen molar-refractivity contribution in [3.8, 4) is 0 Å². The molecule has 0 unspecified atom stereocenters. The molecule has 2 heterocycles. The van der Waals surface area contributed by atoms with E-state index < -0.39 is 5.82 Å². The van der Waals surface area contributed by atoms with Crippen molar-refractivity contribution >= 4 is 28.9 Å². The van der Waals surface area contributed by atoms with Crippen LogP contribution in [0.5, 0.6) is 0 Å². The Morgan fingerprint density at radius 2 is 2.36 bits per heavy atom. The molecule has 2 aromatic heterocycles. The fourth-order valence-corrected chi connectivity index (χ4v) is 1.55. The van der Waals surface area contributed by atoms with Gasteiger partial charge in [0.15, 0.2) is 5.82 Å². The van der Waals surface area contributed by atoms with E-state index in [9.17, 15) is 4.39 Å². The SMILES string of the molecule is Fc1c(Cl)ccn2cnc(CNCl)c12. The molecule has 0 aliphatic carbocycles. The summed E-state index contributed by atoms with van der Waals surface area (Å²) in [6.07, 6.45) is 3.16. The molecule has 0 saturated carbocycles. The van der Waals surface area contributed by atoms with Crippen LogP contribution >= 0.6 is 23.4 Å². The van der Waals surface area contributed by atoms with Crippen LogP contribution in [0.15, 0.2) is 18.6 Å². The van der Waals surface area contributed by atoms with E-state index in [1.54, 1.807) is 10.6 Å². The first kappa shape index (κ1) is 9.71. The van der Waals surface area contributed by atoms with Crippen molar-refractivity contribution in [3.63, 3.8) is 0 Å². The second kappa shape index (κ2) is 3.73. The van der Waals surface area contributed by atoms with Crippen molar-refractivity contribution in [3.05, 3.63) is 35.1 Å². The van der Waals surface area contributed by atoms with Crippen molar-refractivity contribution in [1.29, 1.82) is 0 Å². The Bertz CT molecular complexity index is 469. The van der Waals surface area contributed by atoms with Crippen LogP contribution in [0.4, 0.5) is 4.39 Å². The summed E-state index contributed by atoms with van der Waals surface area (Å²) in [6.45, 7) is 0.287. The van der Waals surface area contributed by atoms with Gasteiger partial charge in [-0.05, 0) is 17.8 Å². The van der Waals surface area contributed by atoms with E-state index in [1.807, 2.05) is 0 Å². The highest BCUT2D eigenvalue weighted by molar-refractivity contribution is 6.31. The summed E-state index contributed by atoms with van der Waals surface area (Å²) >= 11 is 11.0. The first-order valence-electron chi connectivity index (χ1n) is 3.87. The Morgan fingerprint density at radius 3 is 3.07 bits per heavy atom. The zero-order chi connectivity index (χ0) is 10.1. The zero-order valence-electron chi connectivity index (χ0n) is 6.97. The number of halogens is 3. The lowest BCUT2D eigenvalue weighted by Crippen LogP contribution is -2.00. The molecule has 1 N–H and O–H groups in total. The molecule has 0 fully saturated rings. The minimum atomic E-state index is -0.478. The highest BCUT2D eigenvalue weighted by atomic mass is 35.5. The highest BCUT2D eigenvalue weighted by Crippen LogP contribution is 2.21. The molecule has 0 bridgehead atoms. The number of pyridine rings is 1. The molecule has 0 saturated heterocycles. The zero-order valence-corrected chi connectivity index (χ0v) is 8.48. The Hall–Kier alpha value is -0.840. The summed E-state index contributed by atoms with van der Waals surface area (Å²) in [5, 5.41) is 0.0776. The molecule has 0 amide bonds. The normalized spacial score (nSPS) is 11.1. The maximum absolute atomic E-state index is 13.6. The smallest absolute Gasteiger partial charge is 0.167 e. The average molecular weight is 234 g/mol. The van der Waals surface area contributed by atoms with Crippen LogP contribution in [0, 0.1) is 5.82 Å². The van der Waals surface area contributed by atoms with Gasteiger partial charge in [-0.1, -0.05) is 11.6 Å². The van der Waals surface area contributed by atoms with E-state index in [0.717, 1.165) is 0 Å². The van der Waals surface area contributed by atoms with Crippen LogP contribution in [0.2, 0.25) is 5.02 Å². The molecular formula is C8H6Cl2FN3. The van der Waals surface area contributed by atoms with Gasteiger partial charge in [-0.15, -0.1) is 0 Å². The summed E-state index contributed by atoms with van der Waals surface area (Å²) in [7, 11) is 0. The van der Waals surface area contributed by atoms with Gasteiger partial charge in [0.05, 0.1) is 23.6 Å². The standard InChI is InChI=1S/C8H6Cl2FN3/c9-5-1-2-14-4-12-6(3-13-10)8(14)7(5)11/h1-2,4,13H,3H2. The monoisotopic (exact) mass is 233 g/mol. The number of hydrogen-bond acceptors (Lipinski definition) is 2. The van der Waals surface area contributed by atoms with Gasteiger partial charge in [0.1, 0.15) is 5.52 Å². The topological polar surface area (TPSA) is 29.3 Å². The fraction of sp³-hybridized carbons (Fsp3) is 0.125. The molecule has 0 atom stereocenters. The predicted octanol–water partition coefficient (Wildman–Crippen LogP) is 2.37. The van der Waals surface area contributed by atoms with E-state index >= 15 is 0 Å². The van der Waals surface area contributed by atoms with Gasteiger partial charge in [-0.25, -0.2) is 14.2 Å². The van der Waals surface area contributed by atoms with E-state index in [2.05, 4.69) is 9.82 Å². The van der Waals surface area contributed by atoms with Crippen molar-refractivity contribution in [2.45, 2.75) is 6.54 Å². The summed E-state index contributed by atoms with van der Waals surface area (Å²) in [5.41, 5.74) is 0.880. The number of rotatable bonds is 2. The summed E-state index contributed by atoms with van der Waals surface area (Å²) < 4.78 is 15.1. The third-order valence-electron chi connectivity index (χ3n) is 1.90. The molecule has 0 aliphatic rings. The predicted molar refractivity (Wildman–Crippen MR) is 52.9 cm³/mol. The van der Waals surface area contributed by atoms with Gasteiger partial charge >= 0.3 is 0 Å². The highest BCUT2D eigenvalue weighted by Gasteiger charge is 2.11. The third-order valence-corrected chi connectivity index (χ3v) is 2.33. The van der Waals surface area contributed by atoms with Crippen LogP contribution in [-0.2, 0) is 6.54 Å². The number of hydrogen-bond donors (Lipinski definition) is 1. The minimum Gasteiger partial charge on any atom is -0.303 e. The van der Waals surface area contributed by atoms with E-state index in [1.165, 1.54) is 12.4 Å². The molecule has 74 valence electrons. The van der Waals surface area contributed by atoms with E-state index in [0.29, 0.717) is 11.2 Å². The summed E-state index contributed by atoms with van der Waals surface area (Å²) in [6, 6.07) is 1.48. The Kier molecular flexibility index (Phi) is 2.58. The molecule has 14 heavy (non-hydrogen) atoms. The Balaban J connectivity index is 2.69. The second-order valence-corrected chi connectivity index (χ2v) is 3.41. The molecule has 3 nitrogen and oxygen atoms in total. The van der Waals surface area contributed by atoms with Crippen molar-refractivity contribution in [1.82, 2.24) is 14.2 Å². The number of nitrogens with one attached hydrogen (secondary N) is 1. The van der Waals surface area contributed by atoms with Gasteiger partial charge in [0.25, 0.3) is 0 Å². The van der Waals surface area contributed by atoms with Crippen molar-refractivity contribution in [2.75, 3.05) is 0 Å². The maximum atomic E-state index is 13.6. The van der Waals surface area contributed by atoms with Crippen molar-refractivity contribution in [2.24, 2.45) is 0 Å². The quantitative estimate of drug-likeness (QED) is 0.808. The molecule has 0 radical (unpaired) electrons. The summed E-state index contributed by atoms with van der Waals surface area (Å²) in [4.78, 5) is 6.40. The molecule has 0 spiro atoms. The maximum Gasteiger partial charge on any atom is 0.167 e. The third kappa shape index (κ3) is 1.45. The van der Waals surface area contributed by atoms with E-state index in [-0.39, 0.29) is 11.6 Å². The van der Waals surface area contributed by atoms with Crippen LogP contribution < -0.4 is 4.84 Å². The van der Waals surface area contributed by atoms with Crippen molar-refractivity contribution < 1.29 is 4.39 Å². The van der Waals surface area contributed by atoms with Gasteiger partial charge in [0.2, 0.25) is 0 Å². The molecule has 2 rings (SSSR count). The summed E-state index contributed by atoms with van der Waals surface area (Å²) in [5.74, 6) is -0.478. The van der Waals surface area contributed by atoms with Gasteiger partial charge < -0.3 is 4.40 Å². The lowest BCUT2D eigenvalue weighted by molar-refractivity contribution is 0.632. The molecule has 0 aromatic carbocycles. The number of imidazole rings is 1. The van der Waals surface area contributed by atoms with Gasteiger partial charge in [-0.3, -0.25) is 0 Å².